The quantitative estimate of drug-likeness (QED) is 0.0398. The number of carboxylic acid groups (broad SMARTS) is 1. The maximum atomic E-state index is 14.1. The molecule has 1 aliphatic heterocycles. The molecule has 6 amide bonds. The summed E-state index contributed by atoms with van der Waals surface area (Å²) in [7, 11) is 0. The van der Waals surface area contributed by atoms with Gasteiger partial charge in [0.1, 0.15) is 41.1 Å². The number of rotatable bonds is 24. The van der Waals surface area contributed by atoms with Crippen molar-refractivity contribution in [1.29, 1.82) is 0 Å². The first-order valence-electron chi connectivity index (χ1n) is 21.4. The number of nitrogens with two attached hydrogens (primary N) is 1. The van der Waals surface area contributed by atoms with Crippen LogP contribution in [0.25, 0.3) is 0 Å². The molecule has 13 N–H and O–H groups in total. The van der Waals surface area contributed by atoms with Crippen LogP contribution >= 0.6 is 0 Å². The van der Waals surface area contributed by atoms with Crippen LogP contribution in [0.4, 0.5) is 11.4 Å². The Hall–Kier alpha value is -6.55. The number of unbranched alkanes of at least 4 members (excludes halogenated alkanes) is 1. The summed E-state index contributed by atoms with van der Waals surface area (Å²) < 4.78 is 5.79. The van der Waals surface area contributed by atoms with Gasteiger partial charge in [-0.25, -0.2) is 0 Å². The van der Waals surface area contributed by atoms with Crippen LogP contribution in [0.1, 0.15) is 78.2 Å². The minimum atomic E-state index is -1.62. The molecule has 0 aliphatic carbocycles. The van der Waals surface area contributed by atoms with E-state index in [0.717, 1.165) is 0 Å². The maximum Gasteiger partial charge on any atom is 0.305 e. The predicted molar refractivity (Wildman–Crippen MR) is 240 cm³/mol. The molecule has 22 nitrogen and oxygen atoms in total. The van der Waals surface area contributed by atoms with Gasteiger partial charge in [0, 0.05) is 31.6 Å². The van der Waals surface area contributed by atoms with Gasteiger partial charge in [0.15, 0.2) is 0 Å². The number of aliphatic hydroxyl groups excluding tert-OH is 1. The fraction of sp³-hybridized carbons (Fsp3) is 0.558. The second-order valence-corrected chi connectivity index (χ2v) is 16.8. The van der Waals surface area contributed by atoms with Crippen molar-refractivity contribution < 1.29 is 48.5 Å². The van der Waals surface area contributed by atoms with E-state index in [1.54, 1.807) is 58.0 Å². The zero-order valence-electron chi connectivity index (χ0n) is 37.4. The average Bonchev–Trinajstić information content (AvgIpc) is 3.24. The molecule has 1 fully saturated rings. The molecule has 2 aromatic carbocycles. The van der Waals surface area contributed by atoms with E-state index in [-0.39, 0.29) is 75.7 Å². The average molecular weight is 913 g/mol. The summed E-state index contributed by atoms with van der Waals surface area (Å²) in [6.45, 7) is 10.1. The van der Waals surface area contributed by atoms with Crippen LogP contribution in [-0.2, 0) is 44.7 Å². The number of aliphatic carboxylic acids is 1. The molecule has 22 heteroatoms. The van der Waals surface area contributed by atoms with Crippen molar-refractivity contribution in [3.05, 3.63) is 68.7 Å². The van der Waals surface area contributed by atoms with E-state index in [0.29, 0.717) is 24.8 Å². The van der Waals surface area contributed by atoms with E-state index in [2.05, 4.69) is 54.4 Å². The Morgan fingerprint density at radius 3 is 2.02 bits per heavy atom. The van der Waals surface area contributed by atoms with Crippen LogP contribution < -0.4 is 64.4 Å². The Morgan fingerprint density at radius 2 is 1.37 bits per heavy atom. The highest BCUT2D eigenvalue weighted by atomic mass is 16.5. The van der Waals surface area contributed by atoms with E-state index in [9.17, 15) is 48.3 Å². The molecule has 0 saturated carbocycles. The molecule has 0 unspecified atom stereocenters. The first kappa shape index (κ1) is 52.8. The lowest BCUT2D eigenvalue weighted by Gasteiger charge is -2.31. The Morgan fingerprint density at radius 1 is 0.769 bits per heavy atom. The van der Waals surface area contributed by atoms with Gasteiger partial charge in [-0.1, -0.05) is 36.9 Å². The molecule has 0 bridgehead atoms. The number of hydrogen-bond donors (Lipinski definition) is 12. The maximum absolute atomic E-state index is 14.1. The number of nitrogens with one attached hydrogen (secondary N) is 9. The number of benzene rings is 1. The van der Waals surface area contributed by atoms with Crippen molar-refractivity contribution in [2.45, 2.75) is 114 Å². The van der Waals surface area contributed by atoms with E-state index in [4.69, 9.17) is 15.6 Å². The molecule has 1 aliphatic rings. The Balaban J connectivity index is 1.79. The van der Waals surface area contributed by atoms with Gasteiger partial charge < -0.3 is 68.5 Å². The van der Waals surface area contributed by atoms with E-state index < -0.39 is 101 Å². The van der Waals surface area contributed by atoms with Gasteiger partial charge in [0.25, 0.3) is 16.8 Å². The van der Waals surface area contributed by atoms with Crippen LogP contribution in [0.5, 0.6) is 0 Å². The van der Waals surface area contributed by atoms with Crippen molar-refractivity contribution in [2.75, 3.05) is 50.0 Å². The number of ether oxygens (including phenoxy) is 1. The van der Waals surface area contributed by atoms with Crippen LogP contribution in [0, 0.1) is 0 Å². The second-order valence-electron chi connectivity index (χ2n) is 16.8. The molecule has 0 spiro atoms. The highest BCUT2D eigenvalue weighted by molar-refractivity contribution is 5.98. The zero-order valence-corrected chi connectivity index (χ0v) is 37.4. The van der Waals surface area contributed by atoms with Gasteiger partial charge in [0.05, 0.1) is 32.0 Å². The molecule has 65 heavy (non-hydrogen) atoms. The molecule has 1 heterocycles. The van der Waals surface area contributed by atoms with Crippen LogP contribution in [-0.4, -0.2) is 126 Å². The highest BCUT2D eigenvalue weighted by Crippen LogP contribution is 2.23. The molecule has 1 saturated heterocycles. The van der Waals surface area contributed by atoms with Crippen molar-refractivity contribution in [3.63, 3.8) is 0 Å². The molecule has 0 aromatic heterocycles. The van der Waals surface area contributed by atoms with Crippen LogP contribution in [0.15, 0.2) is 52.3 Å². The molecule has 3 rings (SSSR count). The van der Waals surface area contributed by atoms with Gasteiger partial charge in [-0.15, -0.1) is 0 Å². The molecule has 358 valence electrons. The number of carbonyl (C=O) groups excluding carboxylic acids is 6. The summed E-state index contributed by atoms with van der Waals surface area (Å²) in [5, 5.41) is 42.6. The van der Waals surface area contributed by atoms with Crippen LogP contribution in [0.3, 0.4) is 0 Å². The van der Waals surface area contributed by atoms with Gasteiger partial charge in [-0.3, -0.25) is 43.2 Å². The molecular weight excluding hydrogens is 849 g/mol. The topological polar surface area (TPSA) is 338 Å². The molecule has 2 aromatic rings. The second kappa shape index (κ2) is 25.1. The van der Waals surface area contributed by atoms with Crippen molar-refractivity contribution in [1.82, 2.24) is 37.2 Å². The molecule has 0 radical (unpaired) electrons. The number of carbonyl (C=O) groups is 7. The summed E-state index contributed by atoms with van der Waals surface area (Å²) >= 11 is 0. The van der Waals surface area contributed by atoms with Gasteiger partial charge >= 0.3 is 5.97 Å². The lowest BCUT2D eigenvalue weighted by molar-refractivity contribution is -0.143. The Labute approximate surface area is 376 Å². The number of hydrogen-bond acceptors (Lipinski definition) is 15. The van der Waals surface area contributed by atoms with Crippen molar-refractivity contribution in [3.8, 4) is 0 Å². The van der Waals surface area contributed by atoms with Gasteiger partial charge in [-0.05, 0) is 71.8 Å². The number of anilines is 2. The first-order chi connectivity index (χ1) is 30.6. The summed E-state index contributed by atoms with van der Waals surface area (Å²) in [6, 6.07) is 3.15. The third kappa shape index (κ3) is 17.5. The van der Waals surface area contributed by atoms with Gasteiger partial charge in [0.2, 0.25) is 29.5 Å². The van der Waals surface area contributed by atoms with Crippen molar-refractivity contribution >= 4 is 52.8 Å². The third-order valence-corrected chi connectivity index (χ3v) is 10.4. The van der Waals surface area contributed by atoms with E-state index in [1.165, 1.54) is 0 Å². The SMILES string of the molecule is C=C(N)NCCC[C@@H]1NC(=O)[C@H](CCCCNc2c(NC(C)(C)CCOC(C)(C)C(=O)NCCO)c(=O)c2=O)NC(=O)[C@@H](Cc2ccccc2)NC(=O)[C@H](CC(=O)O)NC(=O)CNC1=O. The van der Waals surface area contributed by atoms with Gasteiger partial charge in [-0.2, -0.15) is 0 Å². The van der Waals surface area contributed by atoms with Crippen LogP contribution in [0.2, 0.25) is 0 Å². The molecule has 4 atom stereocenters. The predicted octanol–water partition coefficient (Wildman–Crippen LogP) is -2.06. The number of amides is 6. The third-order valence-electron chi connectivity index (χ3n) is 10.4. The summed E-state index contributed by atoms with van der Waals surface area (Å²) in [5.41, 5.74) is 2.99. The fourth-order valence-corrected chi connectivity index (χ4v) is 6.67. The Kier molecular flexibility index (Phi) is 20.4. The summed E-state index contributed by atoms with van der Waals surface area (Å²) in [5.74, 6) is -5.81. The lowest BCUT2D eigenvalue weighted by Crippen LogP contribution is -2.58. The van der Waals surface area contributed by atoms with E-state index >= 15 is 0 Å². The minimum Gasteiger partial charge on any atom is -0.481 e. The fourth-order valence-electron chi connectivity index (χ4n) is 6.67. The first-order valence-corrected chi connectivity index (χ1v) is 21.4. The normalized spacial score (nSPS) is 19.0. The molecular formula is C43H64N10O12. The zero-order chi connectivity index (χ0) is 48.3. The Bertz CT molecular complexity index is 2070. The minimum absolute atomic E-state index is 0.00820. The van der Waals surface area contributed by atoms with Crippen molar-refractivity contribution in [2.24, 2.45) is 5.73 Å². The van der Waals surface area contributed by atoms with E-state index in [1.807, 2.05) is 0 Å². The largest absolute Gasteiger partial charge is 0.481 e. The lowest BCUT2D eigenvalue weighted by atomic mass is 9.99. The smallest absolute Gasteiger partial charge is 0.305 e. The highest BCUT2D eigenvalue weighted by Gasteiger charge is 2.34. The number of carboxylic acids is 1. The monoisotopic (exact) mass is 912 g/mol. The number of aliphatic hydroxyl groups is 1. The summed E-state index contributed by atoms with van der Waals surface area (Å²) in [6.07, 6.45) is 0.405. The summed E-state index contributed by atoms with van der Waals surface area (Å²) in [4.78, 5) is 117. The standard InChI is InChI=1S/C43H64N10O12/c1-25(44)45-18-11-15-27-37(60)48-24-31(55)49-30(23-32(56)57)40(63)52-29(22-26-12-7-6-8-13-26)39(62)51-28(38(61)50-27)14-9-10-17-46-33-34(36(59)35(33)58)53-42(2,3)16-21-65-43(4,5)41(64)47-19-20-54/h6-8,12-13,27-30,45-46,53-54H,1,9-11,14-24,44H2,2-5H3,(H,47,64)(H,48,60)(H,49,55)(H,50,61)(H,51,62)(H,52,63)(H,56,57)/t27-,28-,29+,30-/m0/s1.